The third kappa shape index (κ3) is 8.28. The fourth-order valence-corrected chi connectivity index (χ4v) is 18.1. The van der Waals surface area contributed by atoms with Gasteiger partial charge in [-0.25, -0.2) is 9.59 Å². The van der Waals surface area contributed by atoms with Gasteiger partial charge in [-0.15, -0.1) is 0 Å². The number of hydrogen-bond donors (Lipinski definition) is 6. The molecule has 5 aliphatic heterocycles. The zero-order chi connectivity index (χ0) is 64.3. The largest absolute Gasteiger partial charge is 0.458 e. The predicted molar refractivity (Wildman–Crippen MR) is 305 cm³/mol. The lowest BCUT2D eigenvalue weighted by Crippen LogP contribution is -2.76. The Balaban J connectivity index is 0.791. The van der Waals surface area contributed by atoms with Gasteiger partial charge in [0.05, 0.1) is 52.3 Å². The molecule has 2 spiro atoms. The lowest BCUT2D eigenvalue weighted by Gasteiger charge is -2.67. The number of benzene rings is 3. The Hall–Kier alpha value is -7.02. The fraction of sp³-hybridized carbons (Fsp3) is 0.606. The van der Waals surface area contributed by atoms with Crippen LogP contribution in [0.4, 0.5) is 0 Å². The van der Waals surface area contributed by atoms with Crippen molar-refractivity contribution in [3.63, 3.8) is 0 Å². The van der Waals surface area contributed by atoms with Gasteiger partial charge in [-0.2, -0.15) is 0 Å². The van der Waals surface area contributed by atoms with Crippen molar-refractivity contribution >= 4 is 47.6 Å². The summed E-state index contributed by atoms with van der Waals surface area (Å²) in [4.78, 5) is 110. The van der Waals surface area contributed by atoms with E-state index in [-0.39, 0.29) is 53.5 Å². The molecule has 3 aromatic rings. The van der Waals surface area contributed by atoms with Gasteiger partial charge in [0.2, 0.25) is 11.7 Å². The van der Waals surface area contributed by atoms with E-state index in [9.17, 15) is 58.8 Å². The van der Waals surface area contributed by atoms with Gasteiger partial charge in [0.25, 0.3) is 5.91 Å². The average molecular weight is 1230 g/mol. The van der Waals surface area contributed by atoms with Gasteiger partial charge in [0, 0.05) is 89.8 Å². The summed E-state index contributed by atoms with van der Waals surface area (Å²) in [6.07, 6.45) is -9.02. The first kappa shape index (κ1) is 60.9. The van der Waals surface area contributed by atoms with Crippen LogP contribution in [0, 0.1) is 68.5 Å². The number of carbonyl (C=O) groups excluding carboxylic acids is 8. The molecule has 23 heteroatoms. The highest BCUT2D eigenvalue weighted by Gasteiger charge is 2.93. The van der Waals surface area contributed by atoms with Gasteiger partial charge in [-0.05, 0) is 122 Å². The molecule has 0 radical (unpaired) electrons. The summed E-state index contributed by atoms with van der Waals surface area (Å²) >= 11 is 0. The van der Waals surface area contributed by atoms with Crippen LogP contribution in [0.3, 0.4) is 0 Å². The van der Waals surface area contributed by atoms with Crippen molar-refractivity contribution in [3.8, 4) is 23.0 Å². The number of carbonyl (C=O) groups is 8. The van der Waals surface area contributed by atoms with Crippen LogP contribution in [0.5, 0.6) is 23.0 Å². The number of amides is 2. The maximum Gasteiger partial charge on any atom is 0.341 e. The lowest BCUT2D eigenvalue weighted by atomic mass is 9.40. The van der Waals surface area contributed by atoms with Crippen LogP contribution in [-0.2, 0) is 62.8 Å². The molecule has 5 heterocycles. The second-order valence-electron chi connectivity index (χ2n) is 29.3. The summed E-state index contributed by atoms with van der Waals surface area (Å²) in [5, 5.41) is 57.3. The Morgan fingerprint density at radius 3 is 1.90 bits per heavy atom. The molecule has 5 aliphatic carbocycles. The minimum Gasteiger partial charge on any atom is -0.458 e. The molecule has 23 nitrogen and oxygen atoms in total. The maximum absolute atomic E-state index is 14.5. The van der Waals surface area contributed by atoms with Gasteiger partial charge in [-0.3, -0.25) is 28.8 Å². The van der Waals surface area contributed by atoms with Crippen molar-refractivity contribution < 1.29 is 101 Å². The van der Waals surface area contributed by atoms with E-state index in [1.54, 1.807) is 92.6 Å². The van der Waals surface area contributed by atoms with E-state index in [1.165, 1.54) is 45.0 Å². The smallest absolute Gasteiger partial charge is 0.341 e. The quantitative estimate of drug-likeness (QED) is 0.0732. The van der Waals surface area contributed by atoms with E-state index in [1.807, 2.05) is 6.92 Å². The summed E-state index contributed by atoms with van der Waals surface area (Å²) in [7, 11) is 0. The number of epoxide rings is 2. The molecule has 3 aromatic carbocycles. The summed E-state index contributed by atoms with van der Waals surface area (Å²) < 4.78 is 55.1. The second kappa shape index (κ2) is 19.5. The number of nitrogens with one attached hydrogen (secondary N) is 2. The molecule has 2 unspecified atom stereocenters. The highest BCUT2D eigenvalue weighted by Crippen LogP contribution is 2.81. The Kier molecular flexibility index (Phi) is 13.3. The van der Waals surface area contributed by atoms with E-state index in [2.05, 4.69) is 10.6 Å². The van der Waals surface area contributed by atoms with Crippen molar-refractivity contribution in [2.24, 2.45) is 68.5 Å². The van der Waals surface area contributed by atoms with Gasteiger partial charge in [0.15, 0.2) is 11.2 Å². The van der Waals surface area contributed by atoms with Crippen LogP contribution in [-0.4, -0.2) is 141 Å². The Morgan fingerprint density at radius 1 is 0.719 bits per heavy atom. The van der Waals surface area contributed by atoms with Gasteiger partial charge >= 0.3 is 35.8 Å². The normalized spacial score (nSPS) is 39.9. The van der Waals surface area contributed by atoms with Crippen molar-refractivity contribution in [1.29, 1.82) is 0 Å². The van der Waals surface area contributed by atoms with Crippen LogP contribution >= 0.6 is 0 Å². The minimum atomic E-state index is -2.20. The predicted octanol–water partition coefficient (Wildman–Crippen LogP) is 4.69. The van der Waals surface area contributed by atoms with Crippen molar-refractivity contribution in [3.05, 3.63) is 82.4 Å². The summed E-state index contributed by atoms with van der Waals surface area (Å²) in [5.74, 6) is -12.9. The molecule has 6 N–H and O–H groups in total. The van der Waals surface area contributed by atoms with Gasteiger partial charge < -0.3 is 73.7 Å². The number of aliphatic hydroxyl groups is 4. The van der Waals surface area contributed by atoms with Crippen LogP contribution in [0.1, 0.15) is 140 Å². The van der Waals surface area contributed by atoms with Gasteiger partial charge in [-0.1, -0.05) is 26.8 Å². The van der Waals surface area contributed by atoms with Crippen LogP contribution < -0.4 is 24.8 Å². The number of hydrogen-bond acceptors (Lipinski definition) is 21. The molecular formula is C66H76N2O21. The molecular weight excluding hydrogens is 1160 g/mol. The first-order valence-corrected chi connectivity index (χ1v) is 30.5. The molecule has 89 heavy (non-hydrogen) atoms. The summed E-state index contributed by atoms with van der Waals surface area (Å²) in [5.41, 5.74) is -8.84. The highest BCUT2D eigenvalue weighted by molar-refractivity contribution is 6.02. The Labute approximate surface area is 513 Å². The van der Waals surface area contributed by atoms with Crippen LogP contribution in [0.2, 0.25) is 0 Å². The number of ether oxygens (including phenoxy) is 9. The van der Waals surface area contributed by atoms with Crippen LogP contribution in [0.15, 0.2) is 54.6 Å². The van der Waals surface area contributed by atoms with E-state index in [4.69, 9.17) is 42.6 Å². The summed E-state index contributed by atoms with van der Waals surface area (Å²) in [6, 6.07) is 12.6. The van der Waals surface area contributed by atoms with Crippen molar-refractivity contribution in [2.45, 2.75) is 175 Å². The van der Waals surface area contributed by atoms with Crippen molar-refractivity contribution in [1.82, 2.24) is 10.6 Å². The SMILES string of the molecule is CC(=O)O[C@H]1C2C([C@@H](O)[C@H](NC(=O)CCNC(=O)c3ccc4c(c3)C(=O)OC43c4ccc(OC(=O)C(C)(C)C)cc4Oc4cc(OC(=O)C(C)(C)C)ccc43)[C@H]3C[C@@H]4O[C@@H]4[C@H](O)[C@]23C)[C@@H]2[C@@H](O)[C@@H]3[C@H]([C@H](C)[C@H]4O[C@]45OC(=O)[C@@](C)(O)[C@]35C)[C@@]2(C)[C@H]1OC(C)=O. The molecule has 5 saturated carbocycles. The lowest BCUT2D eigenvalue weighted by molar-refractivity contribution is -0.285. The molecule has 10 aliphatic rings. The maximum atomic E-state index is 14.5. The standard InChI is InChI=1S/C66H76N2O21/c1-26-42-45(63(12)64(13,80)58(79)89-66(63)52(26)87-66)48(73)43-41-44(50(81-27(2)69)53(62(42,43)11)82-28(3)70)61(10)36(25-39-49(86-39)51(61)74)46(47(41)72)68-40(71)20-21-67-54(75)29-14-17-33-32(22-29)55(76)88-65(33)34-18-15-30(83-56(77)59(4,5)6)23-37(34)85-38-24-31(16-19-35(38)65)84-57(78)60(7,8)9/h14-19,22-24,26,36,39,41-53,72-74,80H,20-21,25H2,1-13H3,(H,67,75)(H,68,71)/t26-,36+,39-,41?,42-,43+,44?,45-,46+,47+,48+,49-,50-,51-,52+,53-,61-,62+,63-,64+,66-/m0/s1. The minimum absolute atomic E-state index is 0.0362. The number of fused-ring (bicyclic) bond motifs is 15. The van der Waals surface area contributed by atoms with Gasteiger partial charge in [0.1, 0.15) is 47.4 Å². The Morgan fingerprint density at radius 2 is 1.31 bits per heavy atom. The van der Waals surface area contributed by atoms with E-state index in [0.29, 0.717) is 16.7 Å². The molecule has 21 atom stereocenters. The molecule has 476 valence electrons. The zero-order valence-electron chi connectivity index (χ0n) is 51.8. The molecule has 2 amide bonds. The third-order valence-corrected chi connectivity index (χ3v) is 22.3. The second-order valence-corrected chi connectivity index (χ2v) is 29.3. The topological polar surface area (TPSA) is 331 Å². The third-order valence-electron chi connectivity index (χ3n) is 22.3. The molecule has 0 aromatic heterocycles. The van der Waals surface area contributed by atoms with E-state index in [0.717, 1.165) is 0 Å². The first-order chi connectivity index (χ1) is 41.5. The fourth-order valence-electron chi connectivity index (χ4n) is 18.1. The first-order valence-electron chi connectivity index (χ1n) is 30.5. The molecule has 13 rings (SSSR count). The molecule has 0 bridgehead atoms. The highest BCUT2D eigenvalue weighted by atomic mass is 16.8. The van der Waals surface area contributed by atoms with Crippen LogP contribution in [0.25, 0.3) is 0 Å². The number of aliphatic hydroxyl groups excluding tert-OH is 3. The van der Waals surface area contributed by atoms with Crippen molar-refractivity contribution in [2.75, 3.05) is 6.54 Å². The summed E-state index contributed by atoms with van der Waals surface area (Å²) in [6.45, 7) is 20.8. The number of esters is 6. The molecule has 8 fully saturated rings. The Bertz CT molecular complexity index is 3550. The van der Waals surface area contributed by atoms with E-state index < -0.39 is 188 Å². The monoisotopic (exact) mass is 1230 g/mol. The number of rotatable bonds is 9. The average Bonchev–Trinajstić information content (AvgIpc) is 1.49. The van der Waals surface area contributed by atoms with E-state index >= 15 is 0 Å². The zero-order valence-corrected chi connectivity index (χ0v) is 51.8. The molecule has 3 saturated heterocycles.